The molecule has 2 amide bonds. The van der Waals surface area contributed by atoms with Gasteiger partial charge in [0.1, 0.15) is 12.4 Å². The Kier molecular flexibility index (Phi) is 6.29. The maximum absolute atomic E-state index is 12.4. The van der Waals surface area contributed by atoms with Crippen molar-refractivity contribution in [2.75, 3.05) is 23.8 Å². The van der Waals surface area contributed by atoms with E-state index in [9.17, 15) is 4.79 Å². The first-order chi connectivity index (χ1) is 14.7. The molecule has 7 nitrogen and oxygen atoms in total. The summed E-state index contributed by atoms with van der Waals surface area (Å²) < 4.78 is 13.7. The molecule has 1 aliphatic rings. The number of ether oxygens (including phenoxy) is 2. The Morgan fingerprint density at radius 2 is 1.97 bits per heavy atom. The van der Waals surface area contributed by atoms with Gasteiger partial charge in [-0.3, -0.25) is 4.68 Å². The third kappa shape index (κ3) is 4.99. The molecule has 7 heteroatoms. The summed E-state index contributed by atoms with van der Waals surface area (Å²) in [7, 11) is 1.88. The van der Waals surface area contributed by atoms with Crippen LogP contribution in [0.2, 0.25) is 0 Å². The van der Waals surface area contributed by atoms with E-state index in [1.54, 1.807) is 10.9 Å². The second-order valence-electron chi connectivity index (χ2n) is 7.30. The maximum Gasteiger partial charge on any atom is 0.323 e. The van der Waals surface area contributed by atoms with Crippen molar-refractivity contribution in [3.63, 3.8) is 0 Å². The van der Waals surface area contributed by atoms with Gasteiger partial charge in [-0.05, 0) is 55.7 Å². The van der Waals surface area contributed by atoms with Gasteiger partial charge in [-0.1, -0.05) is 18.2 Å². The van der Waals surface area contributed by atoms with Gasteiger partial charge in [-0.25, -0.2) is 4.79 Å². The lowest BCUT2D eigenvalue weighted by atomic mass is 10.1. The van der Waals surface area contributed by atoms with Gasteiger partial charge in [0.2, 0.25) is 0 Å². The molecule has 0 spiro atoms. The average molecular weight is 406 g/mol. The Morgan fingerprint density at radius 1 is 1.13 bits per heavy atom. The molecular weight excluding hydrogens is 380 g/mol. The average Bonchev–Trinajstić information content (AvgIpc) is 3.20. The molecule has 4 rings (SSSR count). The number of para-hydroxylation sites is 1. The summed E-state index contributed by atoms with van der Waals surface area (Å²) in [4.78, 5) is 12.4. The molecule has 0 saturated carbocycles. The summed E-state index contributed by atoms with van der Waals surface area (Å²) >= 11 is 0. The van der Waals surface area contributed by atoms with Crippen LogP contribution in [-0.4, -0.2) is 35.1 Å². The summed E-state index contributed by atoms with van der Waals surface area (Å²) in [6.07, 6.45) is 5.16. The van der Waals surface area contributed by atoms with Gasteiger partial charge in [-0.2, -0.15) is 5.10 Å². The number of anilines is 2. The number of rotatable bonds is 6. The highest BCUT2D eigenvalue weighted by molar-refractivity contribution is 6.00. The summed E-state index contributed by atoms with van der Waals surface area (Å²) in [5.41, 5.74) is 3.17. The van der Waals surface area contributed by atoms with Crippen molar-refractivity contribution in [2.45, 2.75) is 25.4 Å². The zero-order chi connectivity index (χ0) is 20.8. The largest absolute Gasteiger partial charge is 0.490 e. The van der Waals surface area contributed by atoms with Gasteiger partial charge in [0.05, 0.1) is 11.8 Å². The van der Waals surface area contributed by atoms with Gasteiger partial charge >= 0.3 is 6.03 Å². The van der Waals surface area contributed by atoms with Gasteiger partial charge in [0.25, 0.3) is 0 Å². The van der Waals surface area contributed by atoms with E-state index in [-0.39, 0.29) is 12.1 Å². The third-order valence-electron chi connectivity index (χ3n) is 5.06. The molecule has 2 aromatic carbocycles. The fraction of sp³-hybridized carbons (Fsp3) is 0.304. The number of aromatic nitrogens is 2. The minimum atomic E-state index is -0.304. The van der Waals surface area contributed by atoms with E-state index in [4.69, 9.17) is 9.47 Å². The Hall–Kier alpha value is -3.32. The lowest BCUT2D eigenvalue weighted by Gasteiger charge is -2.23. The second-order valence-corrected chi connectivity index (χ2v) is 7.30. The molecule has 156 valence electrons. The van der Waals surface area contributed by atoms with Crippen LogP contribution in [0.25, 0.3) is 11.3 Å². The number of amides is 2. The Bertz CT molecular complexity index is 981. The van der Waals surface area contributed by atoms with Crippen LogP contribution in [0.3, 0.4) is 0 Å². The van der Waals surface area contributed by atoms with Gasteiger partial charge < -0.3 is 20.1 Å². The number of urea groups is 1. The van der Waals surface area contributed by atoms with Crippen LogP contribution in [0.5, 0.6) is 5.75 Å². The van der Waals surface area contributed by atoms with E-state index in [2.05, 4.69) is 15.7 Å². The third-order valence-corrected chi connectivity index (χ3v) is 5.06. The van der Waals surface area contributed by atoms with E-state index in [1.807, 2.05) is 61.6 Å². The lowest BCUT2D eigenvalue weighted by molar-refractivity contribution is -0.0109. The van der Waals surface area contributed by atoms with Gasteiger partial charge in [-0.15, -0.1) is 0 Å². The molecule has 0 aliphatic carbocycles. The van der Waals surface area contributed by atoms with Crippen LogP contribution in [0.4, 0.5) is 16.2 Å². The molecule has 1 atom stereocenters. The summed E-state index contributed by atoms with van der Waals surface area (Å²) in [6.45, 7) is 1.30. The van der Waals surface area contributed by atoms with Crippen LogP contribution >= 0.6 is 0 Å². The highest BCUT2D eigenvalue weighted by atomic mass is 16.5. The minimum Gasteiger partial charge on any atom is -0.490 e. The highest BCUT2D eigenvalue weighted by Gasteiger charge is 2.17. The number of benzene rings is 2. The number of carbonyl (C=O) groups excluding carboxylic acids is 1. The van der Waals surface area contributed by atoms with E-state index in [1.165, 1.54) is 6.42 Å². The van der Waals surface area contributed by atoms with Gasteiger partial charge in [0.15, 0.2) is 0 Å². The quantitative estimate of drug-likeness (QED) is 0.623. The summed E-state index contributed by atoms with van der Waals surface area (Å²) in [6, 6.07) is 16.6. The standard InChI is InChI=1S/C23H26N4O3/c1-27-21(12-13-24-27)20-15-18(26-23(28)25-17-7-3-2-4-8-17)10-11-22(20)30-16-19-9-5-6-14-29-19/h2-4,7-8,10-13,15,19H,5-6,9,14,16H2,1H3,(H2,25,26,28). The number of nitrogens with zero attached hydrogens (tertiary/aromatic N) is 2. The van der Waals surface area contributed by atoms with E-state index >= 15 is 0 Å². The van der Waals surface area contributed by atoms with Crippen molar-refractivity contribution in [1.82, 2.24) is 9.78 Å². The smallest absolute Gasteiger partial charge is 0.323 e. The molecule has 1 aliphatic heterocycles. The molecule has 1 fully saturated rings. The fourth-order valence-electron chi connectivity index (χ4n) is 3.51. The topological polar surface area (TPSA) is 77.4 Å². The van der Waals surface area contributed by atoms with Crippen molar-refractivity contribution in [2.24, 2.45) is 7.05 Å². The summed E-state index contributed by atoms with van der Waals surface area (Å²) in [5.74, 6) is 0.738. The molecule has 1 aromatic heterocycles. The normalized spacial score (nSPS) is 16.1. The second kappa shape index (κ2) is 9.45. The monoisotopic (exact) mass is 406 g/mol. The van der Waals surface area contributed by atoms with E-state index in [0.29, 0.717) is 12.3 Å². The Balaban J connectivity index is 1.51. The molecule has 1 saturated heterocycles. The number of carbonyl (C=O) groups is 1. The predicted molar refractivity (Wildman–Crippen MR) is 117 cm³/mol. The van der Waals surface area contributed by atoms with Crippen molar-refractivity contribution >= 4 is 17.4 Å². The number of nitrogens with one attached hydrogen (secondary N) is 2. The number of hydrogen-bond acceptors (Lipinski definition) is 4. The molecular formula is C23H26N4O3. The predicted octanol–water partition coefficient (Wildman–Crippen LogP) is 4.68. The molecule has 1 unspecified atom stereocenters. The van der Waals surface area contributed by atoms with E-state index in [0.717, 1.165) is 42.1 Å². The van der Waals surface area contributed by atoms with Gasteiger partial charge in [0, 0.05) is 36.8 Å². The maximum atomic E-state index is 12.4. The minimum absolute atomic E-state index is 0.118. The van der Waals surface area contributed by atoms with E-state index < -0.39 is 0 Å². The van der Waals surface area contributed by atoms with Crippen molar-refractivity contribution < 1.29 is 14.3 Å². The zero-order valence-electron chi connectivity index (χ0n) is 17.0. The van der Waals surface area contributed by atoms with Crippen LogP contribution in [0.1, 0.15) is 19.3 Å². The first-order valence-corrected chi connectivity index (χ1v) is 10.2. The number of aryl methyl sites for hydroxylation is 1. The van der Waals surface area contributed by atoms with Crippen LogP contribution in [-0.2, 0) is 11.8 Å². The Morgan fingerprint density at radius 3 is 2.70 bits per heavy atom. The number of hydrogen-bond donors (Lipinski definition) is 2. The Labute approximate surface area is 176 Å². The van der Waals surface area contributed by atoms with Crippen LogP contribution in [0, 0.1) is 0 Å². The zero-order valence-corrected chi connectivity index (χ0v) is 17.0. The highest BCUT2D eigenvalue weighted by Crippen LogP contribution is 2.33. The molecule has 3 aromatic rings. The first-order valence-electron chi connectivity index (χ1n) is 10.2. The van der Waals surface area contributed by atoms with Crippen molar-refractivity contribution in [3.8, 4) is 17.0 Å². The van der Waals surface area contributed by atoms with Crippen molar-refractivity contribution in [3.05, 3.63) is 60.8 Å². The molecule has 30 heavy (non-hydrogen) atoms. The first kappa shape index (κ1) is 20.0. The fourth-order valence-corrected chi connectivity index (χ4v) is 3.51. The molecule has 2 heterocycles. The summed E-state index contributed by atoms with van der Waals surface area (Å²) in [5, 5.41) is 9.98. The van der Waals surface area contributed by atoms with Crippen LogP contribution in [0.15, 0.2) is 60.8 Å². The van der Waals surface area contributed by atoms with Crippen molar-refractivity contribution in [1.29, 1.82) is 0 Å². The molecule has 2 N–H and O–H groups in total. The lowest BCUT2D eigenvalue weighted by Crippen LogP contribution is -2.26. The van der Waals surface area contributed by atoms with Crippen LogP contribution < -0.4 is 15.4 Å². The molecule has 0 bridgehead atoms. The SMILES string of the molecule is Cn1nccc1-c1cc(NC(=O)Nc2ccccc2)ccc1OCC1CCCCO1. The molecule has 0 radical (unpaired) electrons.